The minimum atomic E-state index is -0.923. The maximum Gasteiger partial charge on any atom is 0.408 e. The van der Waals surface area contributed by atoms with Gasteiger partial charge in [-0.2, -0.15) is 0 Å². The number of nitrogens with zero attached hydrogens (tertiary/aromatic N) is 2. The van der Waals surface area contributed by atoms with Crippen molar-refractivity contribution in [1.82, 2.24) is 15.1 Å². The maximum absolute atomic E-state index is 13.4. The van der Waals surface area contributed by atoms with Gasteiger partial charge in [0.15, 0.2) is 12.4 Å². The molecule has 0 aromatic heterocycles. The number of rotatable bonds is 24. The van der Waals surface area contributed by atoms with Crippen molar-refractivity contribution in [1.29, 1.82) is 0 Å². The van der Waals surface area contributed by atoms with E-state index in [-0.39, 0.29) is 29.4 Å². The third-order valence-electron chi connectivity index (χ3n) is 14.5. The number of anilines is 1. The second-order valence-electron chi connectivity index (χ2n) is 20.1. The standard InChI is InChI=1S/C58H72N4O8S2/c1-9-62(8)49-33-31-44(72-68)37-46(49)58(6,7)52(62)28-17-11-16-27-51-57(4,5)45-36-43(71-67)30-32-48(45)61(51)35-20-18-29-53(64)59-34-19-12-15-26-47(60-56(66)70-38-42-24-13-10-14-25-42)50(63)39-69-55(65)54-40(2)22-21-23-41(54)3/h10-11,13-14,16-17,21-25,27-28,30-33,36-37,47,52H,9,12,15,18-20,26,29,34-35,38-39H2,1-8H3,(H3-,59,60,64,66,67,68)/p+1/b16-11+,28-17+,51-27+/t47-,52?,62?/m0/s1. The number of aryl methyl sites for hydroxylation is 2. The number of unbranched alkanes of at least 4 members (excludes halogenated alkanes) is 3. The third-order valence-corrected chi connectivity index (χ3v) is 15.4. The SMILES string of the molecule is CC[N+]1(C)c2ccc(SO)cc2C(C)(C)C1/C=C/C=C/C=C1/N(CCCCC(=O)NCCCCC[C@H](NC(=O)OCc2ccccc2)C(=O)COC(=O)c2c(C)cccc2C)c2ccc(SO)cc2C1(C)C. The number of allylic oxidation sites excluding steroid dienone is 5. The lowest BCUT2D eigenvalue weighted by molar-refractivity contribution is -0.124. The monoisotopic (exact) mass is 1020 g/mol. The molecule has 0 saturated carbocycles. The van der Waals surface area contributed by atoms with Crippen LogP contribution < -0.4 is 20.0 Å². The highest BCUT2D eigenvalue weighted by Crippen LogP contribution is 2.51. The molecule has 2 aliphatic heterocycles. The Bertz CT molecular complexity index is 2630. The van der Waals surface area contributed by atoms with E-state index in [4.69, 9.17) is 9.47 Å². The summed E-state index contributed by atoms with van der Waals surface area (Å²) in [7, 11) is 2.29. The van der Waals surface area contributed by atoms with E-state index in [1.54, 1.807) is 0 Å². The number of Topliss-reactive ketones (excluding diaryl/α,β-unsaturated/α-hetero) is 1. The summed E-state index contributed by atoms with van der Waals surface area (Å²) in [5.41, 5.74) is 8.19. The van der Waals surface area contributed by atoms with E-state index in [1.165, 1.54) is 11.3 Å². The molecule has 0 aliphatic carbocycles. The van der Waals surface area contributed by atoms with Gasteiger partial charge in [0.05, 0.1) is 30.6 Å². The Morgan fingerprint density at radius 3 is 2.19 bits per heavy atom. The van der Waals surface area contributed by atoms with E-state index in [9.17, 15) is 28.3 Å². The molecule has 0 bridgehead atoms. The van der Waals surface area contributed by atoms with E-state index in [2.05, 4.69) is 112 Å². The summed E-state index contributed by atoms with van der Waals surface area (Å²) in [5.74, 6) is -1.05. The highest BCUT2D eigenvalue weighted by molar-refractivity contribution is 7.94. The number of likely N-dealkylation sites (N-methyl/N-ethyl adjacent to an activating group) is 1. The smallest absolute Gasteiger partial charge is 0.408 e. The van der Waals surface area contributed by atoms with Crippen LogP contribution in [0, 0.1) is 13.8 Å². The van der Waals surface area contributed by atoms with Crippen LogP contribution in [0.2, 0.25) is 0 Å². The maximum atomic E-state index is 13.4. The van der Waals surface area contributed by atoms with Crippen LogP contribution >= 0.6 is 24.1 Å². The van der Waals surface area contributed by atoms with Crippen LogP contribution in [0.1, 0.15) is 118 Å². The summed E-state index contributed by atoms with van der Waals surface area (Å²) in [6.07, 6.45) is 14.3. The molecule has 0 fully saturated rings. The first-order valence-electron chi connectivity index (χ1n) is 25.1. The van der Waals surface area contributed by atoms with Crippen molar-refractivity contribution in [2.75, 3.05) is 38.2 Å². The quantitative estimate of drug-likeness (QED) is 0.0174. The number of hydrogen-bond acceptors (Lipinski definition) is 11. The fraction of sp³-hybridized carbons (Fsp3) is 0.414. The van der Waals surface area contributed by atoms with Gasteiger partial charge in [0.1, 0.15) is 18.3 Å². The summed E-state index contributed by atoms with van der Waals surface area (Å²) in [4.78, 5) is 56.1. The zero-order chi connectivity index (χ0) is 52.1. The Morgan fingerprint density at radius 2 is 1.50 bits per heavy atom. The minimum Gasteiger partial charge on any atom is -0.454 e. The van der Waals surface area contributed by atoms with Gasteiger partial charge in [-0.05, 0) is 125 Å². The molecule has 72 heavy (non-hydrogen) atoms. The molecule has 4 N–H and O–H groups in total. The Labute approximate surface area is 435 Å². The predicted octanol–water partition coefficient (Wildman–Crippen LogP) is 12.4. The van der Waals surface area contributed by atoms with E-state index in [1.807, 2.05) is 74.5 Å². The van der Waals surface area contributed by atoms with Crippen LogP contribution in [0.3, 0.4) is 0 Å². The number of hydrogen-bond donors (Lipinski definition) is 4. The molecule has 0 spiro atoms. The molecule has 4 aromatic carbocycles. The molecule has 4 aromatic rings. The number of esters is 1. The summed E-state index contributed by atoms with van der Waals surface area (Å²) >= 11 is 1.54. The number of amides is 2. The molecule has 0 radical (unpaired) electrons. The number of ether oxygens (including phenoxy) is 2. The number of fused-ring (bicyclic) bond motifs is 2. The van der Waals surface area contributed by atoms with E-state index in [0.717, 1.165) is 91.5 Å². The van der Waals surface area contributed by atoms with Gasteiger partial charge >= 0.3 is 12.1 Å². The van der Waals surface area contributed by atoms with Crippen LogP contribution in [0.25, 0.3) is 0 Å². The van der Waals surface area contributed by atoms with Gasteiger partial charge < -0.3 is 34.1 Å². The summed E-state index contributed by atoms with van der Waals surface area (Å²) < 4.78 is 31.3. The van der Waals surface area contributed by atoms with Crippen LogP contribution in [0.5, 0.6) is 0 Å². The number of carbonyl (C=O) groups is 4. The second-order valence-corrected chi connectivity index (χ2v) is 21.4. The number of nitrogens with one attached hydrogen (secondary N) is 2. The van der Waals surface area contributed by atoms with Crippen molar-refractivity contribution in [3.05, 3.63) is 154 Å². The lowest BCUT2D eigenvalue weighted by Gasteiger charge is -2.38. The first-order valence-corrected chi connectivity index (χ1v) is 26.6. The average molecular weight is 1020 g/mol. The molecule has 3 atom stereocenters. The van der Waals surface area contributed by atoms with Crippen LogP contribution in [0.4, 0.5) is 16.2 Å². The Kier molecular flexibility index (Phi) is 19.6. The molecule has 2 unspecified atom stereocenters. The average Bonchev–Trinajstić information content (AvgIpc) is 3.68. The zero-order valence-electron chi connectivity index (χ0n) is 43.2. The summed E-state index contributed by atoms with van der Waals surface area (Å²) in [5, 5.41) is 5.73. The Morgan fingerprint density at radius 1 is 0.806 bits per heavy atom. The fourth-order valence-electron chi connectivity index (χ4n) is 10.4. The van der Waals surface area contributed by atoms with Crippen LogP contribution in [0.15, 0.2) is 131 Å². The second kappa shape index (κ2) is 25.3. The molecule has 2 aliphatic rings. The van der Waals surface area contributed by atoms with Crippen molar-refractivity contribution in [3.8, 4) is 0 Å². The molecule has 6 rings (SSSR count). The number of alkyl carbamates (subject to hydrolysis) is 1. The first-order chi connectivity index (χ1) is 34.5. The largest absolute Gasteiger partial charge is 0.454 e. The van der Waals surface area contributed by atoms with Gasteiger partial charge in [-0.3, -0.25) is 14.1 Å². The molecular weight excluding hydrogens is 945 g/mol. The third kappa shape index (κ3) is 13.3. The predicted molar refractivity (Wildman–Crippen MR) is 292 cm³/mol. The first kappa shape index (κ1) is 55.7. The van der Waals surface area contributed by atoms with Gasteiger partial charge in [0, 0.05) is 81.8 Å². The number of benzene rings is 4. The molecule has 0 saturated heterocycles. The van der Waals surface area contributed by atoms with Crippen molar-refractivity contribution < 1.29 is 37.8 Å². The molecule has 2 amide bonds. The minimum absolute atomic E-state index is 0.0205. The molecule has 2 heterocycles. The van der Waals surface area contributed by atoms with E-state index < -0.39 is 30.5 Å². The molecule has 384 valence electrons. The molecular formula is C58H73N4O8S2+. The highest BCUT2D eigenvalue weighted by atomic mass is 32.2. The van der Waals surface area contributed by atoms with Gasteiger partial charge in [-0.15, -0.1) is 0 Å². The topological polar surface area (TPSA) is 154 Å². The van der Waals surface area contributed by atoms with E-state index in [0.29, 0.717) is 50.6 Å². The number of quaternary nitrogens is 1. The van der Waals surface area contributed by atoms with Crippen molar-refractivity contribution in [2.24, 2.45) is 0 Å². The molecule has 12 nitrogen and oxygen atoms in total. The lowest BCUT2D eigenvalue weighted by atomic mass is 9.80. The van der Waals surface area contributed by atoms with Crippen LogP contribution in [-0.4, -0.2) is 78.2 Å². The number of ketones is 1. The Balaban J connectivity index is 0.991. The Hall–Kier alpha value is -5.64. The van der Waals surface area contributed by atoms with Crippen LogP contribution in [-0.2, 0) is 36.5 Å². The summed E-state index contributed by atoms with van der Waals surface area (Å²) in [6, 6.07) is 26.4. The highest BCUT2D eigenvalue weighted by Gasteiger charge is 2.53. The van der Waals surface area contributed by atoms with Gasteiger partial charge in [0.25, 0.3) is 0 Å². The van der Waals surface area contributed by atoms with Gasteiger partial charge in [-0.25, -0.2) is 9.59 Å². The fourth-order valence-corrected chi connectivity index (χ4v) is 11.0. The van der Waals surface area contributed by atoms with E-state index >= 15 is 0 Å². The molecule has 14 heteroatoms. The number of carbonyl (C=O) groups excluding carboxylic acids is 4. The van der Waals surface area contributed by atoms with Crippen molar-refractivity contribution in [2.45, 2.75) is 133 Å². The normalized spacial score (nSPS) is 18.6. The van der Waals surface area contributed by atoms with Gasteiger partial charge in [-0.1, -0.05) is 93.4 Å². The zero-order valence-corrected chi connectivity index (χ0v) is 44.8. The lowest BCUT2D eigenvalue weighted by Crippen LogP contribution is -2.54. The van der Waals surface area contributed by atoms with Crippen molar-refractivity contribution >= 4 is 59.2 Å². The summed E-state index contributed by atoms with van der Waals surface area (Å²) in [6.45, 7) is 16.5. The van der Waals surface area contributed by atoms with Gasteiger partial charge in [0.2, 0.25) is 5.91 Å². The van der Waals surface area contributed by atoms with Crippen molar-refractivity contribution in [3.63, 3.8) is 0 Å².